The number of carbonyl (C=O) groups excluding carboxylic acids is 3. The van der Waals surface area contributed by atoms with Crippen molar-refractivity contribution in [2.45, 2.75) is 57.0 Å². The molecule has 0 radical (unpaired) electrons. The first-order chi connectivity index (χ1) is 15.7. The molecule has 3 heterocycles. The number of carbonyl (C=O) groups is 3. The highest BCUT2D eigenvalue weighted by molar-refractivity contribution is 6.23. The number of imide groups is 1. The highest BCUT2D eigenvalue weighted by atomic mass is 16.2. The number of pyridine rings is 1. The SMILES string of the molecule is CN1C(=O)Cc2c(CN3C(=O)N(c4ccc(C5(C#N)CCC5)cc4)C(=O)C3(C)C)ccnc21. The number of amides is 4. The molecular weight excluding hydrogens is 418 g/mol. The predicted octanol–water partition coefficient (Wildman–Crippen LogP) is 3.29. The van der Waals surface area contributed by atoms with Gasteiger partial charge in [0.25, 0.3) is 5.91 Å². The molecule has 1 aliphatic carbocycles. The Morgan fingerprint density at radius 3 is 2.39 bits per heavy atom. The van der Waals surface area contributed by atoms with Crippen molar-refractivity contribution < 1.29 is 14.4 Å². The third-order valence-corrected chi connectivity index (χ3v) is 7.40. The number of hydrogen-bond donors (Lipinski definition) is 0. The van der Waals surface area contributed by atoms with Crippen LogP contribution in [0.15, 0.2) is 36.5 Å². The van der Waals surface area contributed by atoms with Gasteiger partial charge in [-0.1, -0.05) is 12.1 Å². The number of anilines is 2. The minimum atomic E-state index is -1.05. The summed E-state index contributed by atoms with van der Waals surface area (Å²) in [6, 6.07) is 11.0. The second-order valence-electron chi connectivity index (χ2n) is 9.56. The fourth-order valence-corrected chi connectivity index (χ4v) is 4.96. The molecule has 0 spiro atoms. The van der Waals surface area contributed by atoms with E-state index in [1.165, 1.54) is 9.80 Å². The van der Waals surface area contributed by atoms with Crippen molar-refractivity contribution in [1.82, 2.24) is 9.88 Å². The monoisotopic (exact) mass is 443 g/mol. The first kappa shape index (κ1) is 21.1. The van der Waals surface area contributed by atoms with Gasteiger partial charge in [-0.2, -0.15) is 5.26 Å². The fourth-order valence-electron chi connectivity index (χ4n) is 4.96. The summed E-state index contributed by atoms with van der Waals surface area (Å²) in [5, 5.41) is 9.59. The summed E-state index contributed by atoms with van der Waals surface area (Å²) in [4.78, 5) is 47.5. The number of nitriles is 1. The summed E-state index contributed by atoms with van der Waals surface area (Å²) < 4.78 is 0. The molecule has 1 aromatic carbocycles. The molecule has 1 saturated heterocycles. The summed E-state index contributed by atoms with van der Waals surface area (Å²) in [6.07, 6.45) is 4.55. The summed E-state index contributed by atoms with van der Waals surface area (Å²) in [7, 11) is 1.69. The van der Waals surface area contributed by atoms with Gasteiger partial charge in [-0.25, -0.2) is 14.7 Å². The number of hydrogen-bond acceptors (Lipinski definition) is 5. The number of fused-ring (bicyclic) bond motifs is 1. The van der Waals surface area contributed by atoms with Gasteiger partial charge in [0.1, 0.15) is 11.4 Å². The molecular formula is C25H25N5O3. The number of rotatable bonds is 4. The van der Waals surface area contributed by atoms with Crippen molar-refractivity contribution in [3.63, 3.8) is 0 Å². The molecule has 8 heteroatoms. The van der Waals surface area contributed by atoms with Crippen LogP contribution in [0.4, 0.5) is 16.3 Å². The molecule has 33 heavy (non-hydrogen) atoms. The van der Waals surface area contributed by atoms with Crippen LogP contribution < -0.4 is 9.80 Å². The summed E-state index contributed by atoms with van der Waals surface area (Å²) >= 11 is 0. The van der Waals surface area contributed by atoms with Crippen LogP contribution in [-0.4, -0.2) is 40.3 Å². The van der Waals surface area contributed by atoms with Crippen molar-refractivity contribution in [2.75, 3.05) is 16.8 Å². The molecule has 2 aromatic rings. The van der Waals surface area contributed by atoms with Crippen LogP contribution in [0.3, 0.4) is 0 Å². The topological polar surface area (TPSA) is 97.6 Å². The minimum absolute atomic E-state index is 0.0450. The Bertz CT molecular complexity index is 1220. The molecule has 2 aliphatic heterocycles. The maximum atomic E-state index is 13.5. The largest absolute Gasteiger partial charge is 0.332 e. The van der Waals surface area contributed by atoms with Crippen LogP contribution in [-0.2, 0) is 28.0 Å². The Balaban J connectivity index is 1.44. The third-order valence-electron chi connectivity index (χ3n) is 7.40. The highest BCUT2D eigenvalue weighted by Crippen LogP contribution is 2.44. The van der Waals surface area contributed by atoms with Crippen LogP contribution >= 0.6 is 0 Å². The van der Waals surface area contributed by atoms with E-state index in [1.807, 2.05) is 12.1 Å². The average Bonchev–Trinajstić information content (AvgIpc) is 3.14. The van der Waals surface area contributed by atoms with Gasteiger partial charge in [-0.15, -0.1) is 0 Å². The normalized spacial score (nSPS) is 20.7. The zero-order valence-electron chi connectivity index (χ0n) is 19.0. The lowest BCUT2D eigenvalue weighted by Gasteiger charge is -2.35. The first-order valence-corrected chi connectivity index (χ1v) is 11.1. The number of benzene rings is 1. The lowest BCUT2D eigenvalue weighted by atomic mass is 9.65. The Morgan fingerprint density at radius 1 is 1.09 bits per heavy atom. The van der Waals surface area contributed by atoms with Gasteiger partial charge in [0.2, 0.25) is 5.91 Å². The number of nitrogens with zero attached hydrogens (tertiary/aromatic N) is 5. The van der Waals surface area contributed by atoms with Crippen molar-refractivity contribution in [3.05, 3.63) is 53.2 Å². The van der Waals surface area contributed by atoms with Gasteiger partial charge in [-0.05, 0) is 62.4 Å². The second kappa shape index (κ2) is 7.14. The number of aromatic nitrogens is 1. The standard InChI is InChI=1S/C25H25N5O3/c1-24(2)22(32)30(18-7-5-17(6-8-18)25(15-26)10-4-11-25)23(33)29(24)14-16-9-12-27-21-19(16)13-20(31)28(21)3/h5-9,12H,4,10-11,13-14H2,1-3H3. The third kappa shape index (κ3) is 2.95. The zero-order valence-corrected chi connectivity index (χ0v) is 19.0. The molecule has 0 N–H and O–H groups in total. The molecule has 0 unspecified atom stereocenters. The van der Waals surface area contributed by atoms with E-state index >= 15 is 0 Å². The lowest BCUT2D eigenvalue weighted by Crippen LogP contribution is -2.43. The van der Waals surface area contributed by atoms with Gasteiger partial charge < -0.3 is 4.90 Å². The van der Waals surface area contributed by atoms with E-state index in [4.69, 9.17) is 0 Å². The molecule has 3 aliphatic rings. The van der Waals surface area contributed by atoms with Crippen molar-refractivity contribution in [1.29, 1.82) is 5.26 Å². The maximum absolute atomic E-state index is 13.5. The smallest absolute Gasteiger partial charge is 0.305 e. The summed E-state index contributed by atoms with van der Waals surface area (Å²) in [6.45, 7) is 3.67. The maximum Gasteiger partial charge on any atom is 0.332 e. The fraction of sp³-hybridized carbons (Fsp3) is 0.400. The second-order valence-corrected chi connectivity index (χ2v) is 9.56. The van der Waals surface area contributed by atoms with E-state index in [2.05, 4.69) is 11.1 Å². The van der Waals surface area contributed by atoms with E-state index in [1.54, 1.807) is 50.2 Å². The highest BCUT2D eigenvalue weighted by Gasteiger charge is 2.52. The summed E-state index contributed by atoms with van der Waals surface area (Å²) in [5.74, 6) is 0.247. The molecule has 0 atom stereocenters. The molecule has 5 rings (SSSR count). The Morgan fingerprint density at radius 2 is 1.79 bits per heavy atom. The molecule has 4 amide bonds. The Hall–Kier alpha value is -3.73. The van der Waals surface area contributed by atoms with Crippen molar-refractivity contribution >= 4 is 29.4 Å². The molecule has 8 nitrogen and oxygen atoms in total. The van der Waals surface area contributed by atoms with E-state index in [9.17, 15) is 19.6 Å². The van der Waals surface area contributed by atoms with Gasteiger partial charge in [0, 0.05) is 25.4 Å². The van der Waals surface area contributed by atoms with Crippen molar-refractivity contribution in [3.8, 4) is 6.07 Å². The zero-order chi connectivity index (χ0) is 23.5. The quantitative estimate of drug-likeness (QED) is 0.676. The van der Waals surface area contributed by atoms with Gasteiger partial charge in [0.05, 0.1) is 23.6 Å². The first-order valence-electron chi connectivity index (χ1n) is 11.1. The van der Waals surface area contributed by atoms with E-state index in [-0.39, 0.29) is 24.8 Å². The molecule has 1 aromatic heterocycles. The number of urea groups is 1. The van der Waals surface area contributed by atoms with E-state index in [0.29, 0.717) is 11.5 Å². The molecule has 168 valence electrons. The van der Waals surface area contributed by atoms with Crippen LogP contribution in [0.5, 0.6) is 0 Å². The van der Waals surface area contributed by atoms with Gasteiger partial charge >= 0.3 is 6.03 Å². The minimum Gasteiger partial charge on any atom is -0.305 e. The average molecular weight is 444 g/mol. The predicted molar refractivity (Wildman–Crippen MR) is 121 cm³/mol. The van der Waals surface area contributed by atoms with Crippen molar-refractivity contribution in [2.24, 2.45) is 0 Å². The lowest BCUT2D eigenvalue weighted by molar-refractivity contribution is -0.123. The van der Waals surface area contributed by atoms with Gasteiger partial charge in [-0.3, -0.25) is 14.5 Å². The van der Waals surface area contributed by atoms with Crippen LogP contribution in [0.2, 0.25) is 0 Å². The molecule has 2 fully saturated rings. The number of likely N-dealkylation sites (N-methyl/N-ethyl adjacent to an activating group) is 1. The Labute approximate surface area is 192 Å². The van der Waals surface area contributed by atoms with E-state index < -0.39 is 17.0 Å². The van der Waals surface area contributed by atoms with Crippen LogP contribution in [0.25, 0.3) is 0 Å². The summed E-state index contributed by atoms with van der Waals surface area (Å²) in [5.41, 5.74) is 1.52. The van der Waals surface area contributed by atoms with Gasteiger partial charge in [0.15, 0.2) is 0 Å². The van der Waals surface area contributed by atoms with Crippen LogP contribution in [0.1, 0.15) is 49.8 Å². The molecule has 1 saturated carbocycles. The van der Waals surface area contributed by atoms with E-state index in [0.717, 1.165) is 36.0 Å². The van der Waals surface area contributed by atoms with Crippen LogP contribution in [0, 0.1) is 11.3 Å². The molecule has 0 bridgehead atoms. The Kier molecular flexibility index (Phi) is 4.57.